The molecule has 0 spiro atoms. The van der Waals surface area contributed by atoms with Crippen molar-refractivity contribution >= 4 is 12.0 Å². The predicted molar refractivity (Wildman–Crippen MR) is 83.6 cm³/mol. The van der Waals surface area contributed by atoms with Crippen LogP contribution in [0.2, 0.25) is 0 Å². The van der Waals surface area contributed by atoms with Crippen molar-refractivity contribution < 1.29 is 14.3 Å². The number of nitrogens with zero attached hydrogens (tertiary/aromatic N) is 1. The summed E-state index contributed by atoms with van der Waals surface area (Å²) in [6, 6.07) is 0.395. The summed E-state index contributed by atoms with van der Waals surface area (Å²) in [5.41, 5.74) is -0.104. The number of amides is 2. The van der Waals surface area contributed by atoms with Gasteiger partial charge in [0.05, 0.1) is 13.1 Å². The number of hydrogen-bond acceptors (Lipinski definition) is 3. The quantitative estimate of drug-likeness (QED) is 0.865. The highest BCUT2D eigenvalue weighted by atomic mass is 16.6. The lowest BCUT2D eigenvalue weighted by atomic mass is 9.49. The fraction of sp³-hybridized carbons (Fsp3) is 0.889. The molecule has 1 saturated heterocycles. The van der Waals surface area contributed by atoms with E-state index in [1.165, 1.54) is 19.3 Å². The van der Waals surface area contributed by atoms with Crippen molar-refractivity contribution in [2.24, 2.45) is 23.2 Å². The number of rotatable bonds is 4. The van der Waals surface area contributed by atoms with E-state index in [1.807, 2.05) is 4.90 Å². The Morgan fingerprint density at radius 1 is 1.13 bits per heavy atom. The molecule has 0 aromatic rings. The zero-order valence-corrected chi connectivity index (χ0v) is 13.6. The van der Waals surface area contributed by atoms with Gasteiger partial charge in [0.1, 0.15) is 6.10 Å². The number of nitrogens with one attached hydrogen (secondary N) is 1. The summed E-state index contributed by atoms with van der Waals surface area (Å²) in [5, 5.41) is 3.14. The molecule has 6 fully saturated rings. The molecule has 126 valence electrons. The van der Waals surface area contributed by atoms with E-state index in [2.05, 4.69) is 5.32 Å². The van der Waals surface area contributed by atoms with Gasteiger partial charge >= 0.3 is 6.09 Å². The van der Waals surface area contributed by atoms with Gasteiger partial charge in [0.25, 0.3) is 0 Å². The van der Waals surface area contributed by atoms with Gasteiger partial charge in [-0.05, 0) is 69.1 Å². The van der Waals surface area contributed by atoms with Gasteiger partial charge in [0.15, 0.2) is 0 Å². The lowest BCUT2D eigenvalue weighted by molar-refractivity contribution is -0.146. The van der Waals surface area contributed by atoms with Gasteiger partial charge < -0.3 is 15.0 Å². The minimum absolute atomic E-state index is 0.104. The number of carbonyl (C=O) groups is 2. The highest BCUT2D eigenvalue weighted by Crippen LogP contribution is 2.60. The van der Waals surface area contributed by atoms with E-state index in [0.717, 1.165) is 49.9 Å². The molecule has 1 aliphatic heterocycles. The molecule has 0 radical (unpaired) electrons. The maximum absolute atomic E-state index is 12.9. The maximum atomic E-state index is 12.9. The van der Waals surface area contributed by atoms with Crippen LogP contribution >= 0.6 is 0 Å². The van der Waals surface area contributed by atoms with Crippen LogP contribution in [-0.4, -0.2) is 42.1 Å². The predicted octanol–water partition coefficient (Wildman–Crippen LogP) is 2.30. The summed E-state index contributed by atoms with van der Waals surface area (Å²) in [4.78, 5) is 26.6. The minimum Gasteiger partial charge on any atom is -0.442 e. The van der Waals surface area contributed by atoms with Crippen molar-refractivity contribution in [3.63, 3.8) is 0 Å². The molecule has 0 aromatic carbocycles. The molecule has 23 heavy (non-hydrogen) atoms. The SMILES string of the molecule is O=C1OC(CNC(=O)C23CC4CC(CC(C4)C2)C3)CN1C1CC1. The Morgan fingerprint density at radius 3 is 2.30 bits per heavy atom. The zero-order valence-electron chi connectivity index (χ0n) is 13.6. The third-order valence-electron chi connectivity index (χ3n) is 6.90. The standard InChI is InChI=1S/C18H26N2O3/c21-16(18-6-11-3-12(7-18)5-13(4-11)8-18)19-9-15-10-20(14-1-2-14)17(22)23-15/h11-15H,1-10H2,(H,19,21). The van der Waals surface area contributed by atoms with Crippen molar-refractivity contribution in [3.8, 4) is 0 Å². The van der Waals surface area contributed by atoms with Crippen LogP contribution in [0.5, 0.6) is 0 Å². The first kappa shape index (κ1) is 14.1. The van der Waals surface area contributed by atoms with E-state index in [4.69, 9.17) is 4.74 Å². The van der Waals surface area contributed by atoms with Crippen LogP contribution in [0.15, 0.2) is 0 Å². The maximum Gasteiger partial charge on any atom is 0.410 e. The van der Waals surface area contributed by atoms with Gasteiger partial charge in [-0.15, -0.1) is 0 Å². The second kappa shape index (κ2) is 4.87. The van der Waals surface area contributed by atoms with Gasteiger partial charge in [-0.25, -0.2) is 4.79 Å². The molecule has 6 aliphatic rings. The fourth-order valence-corrected chi connectivity index (χ4v) is 6.11. The Balaban J connectivity index is 1.20. The van der Waals surface area contributed by atoms with Crippen LogP contribution < -0.4 is 5.32 Å². The molecule has 0 aromatic heterocycles. The second-order valence-corrected chi connectivity index (χ2v) is 8.80. The van der Waals surface area contributed by atoms with Gasteiger partial charge in [-0.3, -0.25) is 4.79 Å². The highest BCUT2D eigenvalue weighted by Gasteiger charge is 2.54. The Kier molecular flexibility index (Phi) is 2.99. The van der Waals surface area contributed by atoms with E-state index in [-0.39, 0.29) is 23.5 Å². The molecule has 5 nitrogen and oxygen atoms in total. The van der Waals surface area contributed by atoms with Crippen molar-refractivity contribution in [2.45, 2.75) is 63.5 Å². The van der Waals surface area contributed by atoms with Crippen LogP contribution in [-0.2, 0) is 9.53 Å². The first-order valence-corrected chi connectivity index (χ1v) is 9.37. The van der Waals surface area contributed by atoms with Gasteiger partial charge in [-0.2, -0.15) is 0 Å². The third kappa shape index (κ3) is 2.34. The first-order chi connectivity index (χ1) is 11.1. The van der Waals surface area contributed by atoms with Crippen LogP contribution in [0.1, 0.15) is 51.4 Å². The lowest BCUT2D eigenvalue weighted by Crippen LogP contribution is -2.54. The van der Waals surface area contributed by atoms with Crippen molar-refractivity contribution in [2.75, 3.05) is 13.1 Å². The molecule has 4 bridgehead atoms. The molecule has 5 saturated carbocycles. The van der Waals surface area contributed by atoms with Crippen LogP contribution in [0.4, 0.5) is 4.79 Å². The van der Waals surface area contributed by atoms with Crippen molar-refractivity contribution in [3.05, 3.63) is 0 Å². The largest absolute Gasteiger partial charge is 0.442 e. The van der Waals surface area contributed by atoms with Crippen molar-refractivity contribution in [1.82, 2.24) is 10.2 Å². The number of cyclic esters (lactones) is 1. The average Bonchev–Trinajstić information content (AvgIpc) is 3.27. The summed E-state index contributed by atoms with van der Waals surface area (Å²) in [5.74, 6) is 2.57. The lowest BCUT2D eigenvalue weighted by Gasteiger charge is -2.55. The van der Waals surface area contributed by atoms with Gasteiger partial charge in [0, 0.05) is 11.5 Å². The summed E-state index contributed by atoms with van der Waals surface area (Å²) in [7, 11) is 0. The summed E-state index contributed by atoms with van der Waals surface area (Å²) in [6.45, 7) is 1.13. The van der Waals surface area contributed by atoms with Crippen LogP contribution in [0.3, 0.4) is 0 Å². The molecule has 1 N–H and O–H groups in total. The van der Waals surface area contributed by atoms with E-state index in [0.29, 0.717) is 19.1 Å². The molecular weight excluding hydrogens is 292 g/mol. The molecule has 5 aliphatic carbocycles. The fourth-order valence-electron chi connectivity index (χ4n) is 6.11. The van der Waals surface area contributed by atoms with Crippen molar-refractivity contribution in [1.29, 1.82) is 0 Å². The minimum atomic E-state index is -0.193. The molecule has 1 heterocycles. The number of carbonyl (C=O) groups excluding carboxylic acids is 2. The summed E-state index contributed by atoms with van der Waals surface area (Å²) < 4.78 is 5.42. The smallest absolute Gasteiger partial charge is 0.410 e. The first-order valence-electron chi connectivity index (χ1n) is 9.37. The van der Waals surface area contributed by atoms with Crippen LogP contribution in [0, 0.1) is 23.2 Å². The van der Waals surface area contributed by atoms with E-state index < -0.39 is 0 Å². The monoisotopic (exact) mass is 318 g/mol. The normalized spacial score (nSPS) is 44.5. The number of ether oxygens (including phenoxy) is 1. The summed E-state index contributed by atoms with van der Waals surface area (Å²) >= 11 is 0. The molecule has 1 unspecified atom stereocenters. The summed E-state index contributed by atoms with van der Waals surface area (Å²) in [6.07, 6.45) is 9.15. The van der Waals surface area contributed by atoms with E-state index >= 15 is 0 Å². The third-order valence-corrected chi connectivity index (χ3v) is 6.90. The molecule has 6 rings (SSSR count). The van der Waals surface area contributed by atoms with Crippen LogP contribution in [0.25, 0.3) is 0 Å². The Bertz CT molecular complexity index is 507. The van der Waals surface area contributed by atoms with E-state index in [1.54, 1.807) is 0 Å². The molecular formula is C18H26N2O3. The Morgan fingerprint density at radius 2 is 1.74 bits per heavy atom. The van der Waals surface area contributed by atoms with E-state index in [9.17, 15) is 9.59 Å². The molecule has 2 amide bonds. The second-order valence-electron chi connectivity index (χ2n) is 8.80. The average molecular weight is 318 g/mol. The van der Waals surface area contributed by atoms with Gasteiger partial charge in [0.2, 0.25) is 5.91 Å². The zero-order chi connectivity index (χ0) is 15.6. The number of hydrogen-bond donors (Lipinski definition) is 1. The topological polar surface area (TPSA) is 58.6 Å². The highest BCUT2D eigenvalue weighted by molar-refractivity contribution is 5.83. The Hall–Kier alpha value is -1.26. The molecule has 5 heteroatoms. The Labute approximate surface area is 137 Å². The molecule has 1 atom stereocenters. The van der Waals surface area contributed by atoms with Gasteiger partial charge in [-0.1, -0.05) is 0 Å².